The number of hydrogen-bond donors (Lipinski definition) is 0. The van der Waals surface area contributed by atoms with Gasteiger partial charge in [0.05, 0.1) is 5.27 Å². The Morgan fingerprint density at radius 1 is 1.12 bits per heavy atom. The lowest BCUT2D eigenvalue weighted by atomic mass is 10.3. The molecule has 0 aliphatic rings. The number of nitrogens with zero attached hydrogens (tertiary/aromatic N) is 2. The van der Waals surface area contributed by atoms with Gasteiger partial charge in [-0.25, -0.2) is 0 Å². The molecule has 1 radical (unpaired) electrons. The quantitative estimate of drug-likeness (QED) is 0.547. The standard InChI is InChI=1S/C16H27N2O3Si3/c1-22(2)21-24(5,6)13-12-23(3,4)15-16(19)20-17-18(15)14-10-8-7-9-11-14/h7-11H,12-13H2,1-6H3. The maximum atomic E-state index is 12.3. The maximum Gasteiger partial charge on any atom is 0.239 e. The fourth-order valence-electron chi connectivity index (χ4n) is 2.89. The van der Waals surface area contributed by atoms with Crippen molar-refractivity contribution in [1.82, 2.24) is 5.27 Å². The first-order chi connectivity index (χ1) is 11.1. The summed E-state index contributed by atoms with van der Waals surface area (Å²) in [5.41, 5.74) is 0.874. The number of para-hydroxylation sites is 1. The smallest absolute Gasteiger partial charge is 0.239 e. The summed E-state index contributed by atoms with van der Waals surface area (Å²) in [5.74, 6) is -0.299. The summed E-state index contributed by atoms with van der Waals surface area (Å²) in [6.07, 6.45) is 0. The zero-order valence-corrected chi connectivity index (χ0v) is 18.4. The van der Waals surface area contributed by atoms with Gasteiger partial charge in [0.2, 0.25) is 11.0 Å². The molecular formula is C16H27N2O3Si3. The van der Waals surface area contributed by atoms with Crippen molar-refractivity contribution in [2.75, 3.05) is 0 Å². The number of rotatable bonds is 7. The van der Waals surface area contributed by atoms with Crippen molar-refractivity contribution >= 4 is 30.7 Å². The monoisotopic (exact) mass is 379 g/mol. The van der Waals surface area contributed by atoms with Crippen LogP contribution in [-0.4, -0.2) is 30.7 Å². The first-order valence-electron chi connectivity index (χ1n) is 8.26. The van der Waals surface area contributed by atoms with Crippen LogP contribution in [0.5, 0.6) is 5.95 Å². The Balaban J connectivity index is 2.25. The molecule has 0 N–H and O–H groups in total. The van der Waals surface area contributed by atoms with E-state index in [-0.39, 0.29) is 5.95 Å². The van der Waals surface area contributed by atoms with Gasteiger partial charge in [-0.05, 0) is 43.0 Å². The largest absolute Gasteiger partial charge is 0.539 e. The number of benzene rings is 1. The van der Waals surface area contributed by atoms with Crippen LogP contribution in [-0.2, 0) is 4.12 Å². The summed E-state index contributed by atoms with van der Waals surface area (Å²) in [5, 5.41) is 17.1. The Morgan fingerprint density at radius 2 is 1.75 bits per heavy atom. The predicted molar refractivity (Wildman–Crippen MR) is 100 cm³/mol. The summed E-state index contributed by atoms with van der Waals surface area (Å²) in [4.78, 5) is 0. The molecule has 0 fully saturated rings. The Hall–Kier alpha value is -1.23. The van der Waals surface area contributed by atoms with E-state index in [0.717, 1.165) is 23.1 Å². The molecular weight excluding hydrogens is 352 g/mol. The molecule has 0 bridgehead atoms. The molecule has 0 spiro atoms. The number of aromatic nitrogens is 2. The van der Waals surface area contributed by atoms with Crippen molar-refractivity contribution in [2.24, 2.45) is 0 Å². The van der Waals surface area contributed by atoms with E-state index in [9.17, 15) is 5.11 Å². The maximum absolute atomic E-state index is 12.3. The van der Waals surface area contributed by atoms with E-state index < -0.39 is 25.4 Å². The molecule has 24 heavy (non-hydrogen) atoms. The second-order valence-corrected chi connectivity index (χ2v) is 19.0. The van der Waals surface area contributed by atoms with Gasteiger partial charge in [-0.2, -0.15) is 0 Å². The Bertz CT molecular complexity index is 672. The average molecular weight is 380 g/mol. The highest BCUT2D eigenvalue weighted by Gasteiger charge is 2.40. The van der Waals surface area contributed by atoms with Gasteiger partial charge >= 0.3 is 0 Å². The Morgan fingerprint density at radius 3 is 2.33 bits per heavy atom. The zero-order valence-electron chi connectivity index (χ0n) is 15.4. The summed E-state index contributed by atoms with van der Waals surface area (Å²) in [7, 11) is -4.38. The minimum absolute atomic E-state index is 0.299. The minimum Gasteiger partial charge on any atom is -0.539 e. The van der Waals surface area contributed by atoms with E-state index in [1.165, 1.54) is 0 Å². The van der Waals surface area contributed by atoms with Crippen molar-refractivity contribution in [3.8, 4) is 11.6 Å². The summed E-state index contributed by atoms with van der Waals surface area (Å²) in [6.45, 7) is 13.3. The minimum atomic E-state index is -2.00. The van der Waals surface area contributed by atoms with Crippen LogP contribution in [0.3, 0.4) is 0 Å². The van der Waals surface area contributed by atoms with Crippen LogP contribution in [0.15, 0.2) is 34.9 Å². The van der Waals surface area contributed by atoms with Crippen LogP contribution in [0, 0.1) is 0 Å². The fraction of sp³-hybridized carbons (Fsp3) is 0.500. The lowest BCUT2D eigenvalue weighted by Gasteiger charge is -2.28. The van der Waals surface area contributed by atoms with Gasteiger partial charge in [0.25, 0.3) is 0 Å². The zero-order chi connectivity index (χ0) is 18.0. The molecule has 2 rings (SSSR count). The van der Waals surface area contributed by atoms with E-state index in [4.69, 9.17) is 8.64 Å². The molecule has 0 aliphatic carbocycles. The van der Waals surface area contributed by atoms with Crippen LogP contribution >= 0.6 is 0 Å². The summed E-state index contributed by atoms with van der Waals surface area (Å²) < 4.78 is 12.9. The van der Waals surface area contributed by atoms with Gasteiger partial charge in [-0.15, -0.1) is 0 Å². The molecule has 0 saturated carbocycles. The van der Waals surface area contributed by atoms with E-state index >= 15 is 0 Å². The van der Waals surface area contributed by atoms with Crippen LogP contribution in [0.2, 0.25) is 51.4 Å². The van der Waals surface area contributed by atoms with Crippen molar-refractivity contribution in [2.45, 2.75) is 51.4 Å². The third-order valence-corrected chi connectivity index (χ3v) is 13.1. The van der Waals surface area contributed by atoms with Gasteiger partial charge in [0.15, 0.2) is 25.4 Å². The van der Waals surface area contributed by atoms with Crippen molar-refractivity contribution in [1.29, 1.82) is 0 Å². The molecule has 0 aliphatic heterocycles. The number of hydrogen-bond acceptors (Lipinski definition) is 4. The molecule has 1 aromatic heterocycles. The van der Waals surface area contributed by atoms with E-state index in [1.54, 1.807) is 4.68 Å². The molecule has 0 saturated heterocycles. The van der Waals surface area contributed by atoms with E-state index in [2.05, 4.69) is 44.6 Å². The average Bonchev–Trinajstić information content (AvgIpc) is 2.88. The molecule has 2 aromatic rings. The first-order valence-corrected chi connectivity index (χ1v) is 17.0. The molecule has 5 nitrogen and oxygen atoms in total. The SMILES string of the molecule is C[Si](C)O[Si](C)(C)CC[Si](C)(C)c1c([O-])on[n+]1-c1ccccc1. The highest BCUT2D eigenvalue weighted by Crippen LogP contribution is 2.23. The van der Waals surface area contributed by atoms with E-state index in [1.807, 2.05) is 30.3 Å². The van der Waals surface area contributed by atoms with Gasteiger partial charge in [0, 0.05) is 12.1 Å². The van der Waals surface area contributed by atoms with Crippen LogP contribution in [0.4, 0.5) is 0 Å². The van der Waals surface area contributed by atoms with Gasteiger partial charge < -0.3 is 13.7 Å². The lowest BCUT2D eigenvalue weighted by molar-refractivity contribution is -0.654. The molecule has 1 heterocycles. The van der Waals surface area contributed by atoms with E-state index in [0.29, 0.717) is 0 Å². The third-order valence-electron chi connectivity index (χ3n) is 4.08. The van der Waals surface area contributed by atoms with Crippen LogP contribution in [0.25, 0.3) is 5.69 Å². The van der Waals surface area contributed by atoms with Crippen molar-refractivity contribution in [3.05, 3.63) is 30.3 Å². The summed E-state index contributed by atoms with van der Waals surface area (Å²) in [6, 6.07) is 11.8. The molecule has 1 aromatic carbocycles. The predicted octanol–water partition coefficient (Wildman–Crippen LogP) is 2.41. The molecule has 0 atom stereocenters. The second-order valence-electron chi connectivity index (χ2n) is 7.61. The highest BCUT2D eigenvalue weighted by atomic mass is 28.4. The fourth-order valence-corrected chi connectivity index (χ4v) is 14.2. The second kappa shape index (κ2) is 7.34. The first kappa shape index (κ1) is 19.1. The van der Waals surface area contributed by atoms with Crippen molar-refractivity contribution in [3.63, 3.8) is 0 Å². The van der Waals surface area contributed by atoms with Crippen LogP contribution in [0.1, 0.15) is 0 Å². The normalized spacial score (nSPS) is 12.8. The van der Waals surface area contributed by atoms with Crippen molar-refractivity contribution < 1.29 is 18.4 Å². The molecule has 0 unspecified atom stereocenters. The summed E-state index contributed by atoms with van der Waals surface area (Å²) >= 11 is 0. The molecule has 131 valence electrons. The third kappa shape index (κ3) is 4.65. The Labute approximate surface area is 148 Å². The highest BCUT2D eigenvalue weighted by molar-refractivity contribution is 6.90. The Kier molecular flexibility index (Phi) is 5.84. The lowest BCUT2D eigenvalue weighted by Crippen LogP contribution is -2.61. The van der Waals surface area contributed by atoms with Gasteiger partial charge in [0.1, 0.15) is 5.95 Å². The van der Waals surface area contributed by atoms with Gasteiger partial charge in [-0.1, -0.05) is 31.3 Å². The van der Waals surface area contributed by atoms with Crippen LogP contribution < -0.4 is 15.1 Å². The topological polar surface area (TPSA) is 62.2 Å². The molecule has 8 heteroatoms. The van der Waals surface area contributed by atoms with Gasteiger partial charge in [-0.3, -0.25) is 0 Å². The molecule has 0 amide bonds.